The maximum absolute atomic E-state index is 13.7. The normalized spacial score (nSPS) is 16.2. The molecule has 0 aromatic carbocycles. The van der Waals surface area contributed by atoms with Crippen LogP contribution in [0.4, 0.5) is 43.9 Å². The summed E-state index contributed by atoms with van der Waals surface area (Å²) in [6.45, 7) is 4.01. The molecule has 0 aromatic rings. The van der Waals surface area contributed by atoms with Gasteiger partial charge < -0.3 is 0 Å². The number of hydrogen-bond acceptors (Lipinski definition) is 0. The van der Waals surface area contributed by atoms with Crippen molar-refractivity contribution in [3.05, 3.63) is 0 Å². The molecule has 0 N–H and O–H groups in total. The predicted molar refractivity (Wildman–Crippen MR) is 78.0 cm³/mol. The van der Waals surface area contributed by atoms with Crippen LogP contribution in [0.1, 0.15) is 32.1 Å². The first-order valence-electron chi connectivity index (χ1n) is 7.38. The molecule has 0 aliphatic carbocycles. The Kier molecular flexibility index (Phi) is 8.65. The van der Waals surface area contributed by atoms with E-state index in [9.17, 15) is 43.9 Å². The quantitative estimate of drug-likeness (QED) is 0.181. The van der Waals surface area contributed by atoms with Gasteiger partial charge in [0.2, 0.25) is 0 Å². The maximum atomic E-state index is 13.7. The van der Waals surface area contributed by atoms with Gasteiger partial charge in [0.25, 0.3) is 0 Å². The summed E-state index contributed by atoms with van der Waals surface area (Å²) in [6, 6.07) is 0. The minimum absolute atomic E-state index is 0.318. The minimum atomic E-state index is -5.83. The van der Waals surface area contributed by atoms with Crippen molar-refractivity contribution < 1.29 is 43.9 Å². The Morgan fingerprint density at radius 3 is 1.68 bits per heavy atom. The van der Waals surface area contributed by atoms with Crippen LogP contribution in [0.2, 0.25) is 19.6 Å². The van der Waals surface area contributed by atoms with Gasteiger partial charge in [-0.1, -0.05) is 0 Å². The van der Waals surface area contributed by atoms with E-state index in [0.717, 1.165) is 0 Å². The average molecular weight is 522 g/mol. The summed E-state index contributed by atoms with van der Waals surface area (Å²) in [4.78, 5) is 0. The Morgan fingerprint density at radius 1 is 0.800 bits per heavy atom. The topological polar surface area (TPSA) is 0 Å². The zero-order chi connectivity index (χ0) is 20.3. The summed E-state index contributed by atoms with van der Waals surface area (Å²) in [7, 11) is 0. The van der Waals surface area contributed by atoms with Crippen molar-refractivity contribution in [1.82, 2.24) is 0 Å². The second-order valence-corrected chi connectivity index (χ2v) is 24.7. The zero-order valence-electron chi connectivity index (χ0n) is 13.8. The van der Waals surface area contributed by atoms with E-state index in [0.29, 0.717) is 0 Å². The second kappa shape index (κ2) is 8.55. The molecule has 0 amide bonds. The zero-order valence-corrected chi connectivity index (χ0v) is 17.1. The third-order valence-corrected chi connectivity index (χ3v) is 12.1. The van der Waals surface area contributed by atoms with E-state index in [1.807, 2.05) is 0 Å². The van der Waals surface area contributed by atoms with Crippen molar-refractivity contribution in [3.8, 4) is 0 Å². The third kappa shape index (κ3) is 7.83. The van der Waals surface area contributed by atoms with E-state index in [1.165, 1.54) is 19.6 Å². The molecule has 25 heavy (non-hydrogen) atoms. The molecule has 0 fully saturated rings. The summed E-state index contributed by atoms with van der Waals surface area (Å²) in [6.07, 6.45) is -11.8. The Balaban J connectivity index is 4.84. The molecular formula is C13H20F10SiTe. The molecule has 12 heteroatoms. The number of rotatable bonds is 10. The molecule has 0 saturated heterocycles. The van der Waals surface area contributed by atoms with E-state index >= 15 is 0 Å². The van der Waals surface area contributed by atoms with E-state index in [2.05, 4.69) is 0 Å². The van der Waals surface area contributed by atoms with E-state index in [4.69, 9.17) is 0 Å². The molecule has 1 unspecified atom stereocenters. The van der Waals surface area contributed by atoms with Gasteiger partial charge >= 0.3 is 150 Å². The molecule has 0 aromatic heterocycles. The molecule has 0 nitrogen and oxygen atoms in total. The van der Waals surface area contributed by atoms with Gasteiger partial charge in [-0.15, -0.1) is 0 Å². The number of unbranched alkanes of at least 4 members (excludes halogenated alkanes) is 2. The fourth-order valence-corrected chi connectivity index (χ4v) is 10.8. The van der Waals surface area contributed by atoms with Gasteiger partial charge in [0.05, 0.1) is 0 Å². The van der Waals surface area contributed by atoms with Crippen molar-refractivity contribution >= 4 is 25.8 Å². The molecule has 0 spiro atoms. The van der Waals surface area contributed by atoms with E-state index in [1.54, 1.807) is 0 Å². The fraction of sp³-hybridized carbons (Fsp3) is 1.00. The van der Waals surface area contributed by atoms with E-state index < -0.39 is 79.6 Å². The first-order valence-corrected chi connectivity index (χ1v) is 15.4. The summed E-state index contributed by atoms with van der Waals surface area (Å²) in [5, 5.41) is 0. The molecule has 1 atom stereocenters. The van der Waals surface area contributed by atoms with E-state index in [-0.39, 0.29) is 6.42 Å². The third-order valence-electron chi connectivity index (χ3n) is 3.03. The Labute approximate surface area is 149 Å². The molecule has 0 radical (unpaired) electrons. The van der Waals surface area contributed by atoms with Gasteiger partial charge in [0, 0.05) is 0 Å². The first kappa shape index (κ1) is 25.3. The van der Waals surface area contributed by atoms with Gasteiger partial charge in [-0.3, -0.25) is 0 Å². The number of hydrogen-bond donors (Lipinski definition) is 0. The van der Waals surface area contributed by atoms with Gasteiger partial charge in [-0.2, -0.15) is 0 Å². The summed E-state index contributed by atoms with van der Waals surface area (Å²) in [5.74, 6) is -11.4. The van der Waals surface area contributed by atoms with Crippen LogP contribution in [0.25, 0.3) is 0 Å². The van der Waals surface area contributed by atoms with Crippen LogP contribution in [-0.4, -0.2) is 53.9 Å². The SMILES string of the molecule is C[Si](C)(C)[Te]C(F)(F)C(F)(F)C(F)(F)C(F)CCCCCC(F)(F)F. The van der Waals surface area contributed by atoms with Crippen LogP contribution < -0.4 is 0 Å². The molecule has 152 valence electrons. The van der Waals surface area contributed by atoms with Crippen LogP contribution in [0.15, 0.2) is 0 Å². The molecule has 0 saturated carbocycles. The van der Waals surface area contributed by atoms with Crippen molar-refractivity contribution in [2.24, 2.45) is 0 Å². The Hall–Kier alpha value is 0.306. The molecule has 0 aliphatic heterocycles. The molecule has 0 aliphatic rings. The molecule has 0 heterocycles. The van der Waals surface area contributed by atoms with Crippen LogP contribution in [0, 0.1) is 0 Å². The number of halogens is 10. The monoisotopic (exact) mass is 524 g/mol. The molecular weight excluding hydrogens is 502 g/mol. The molecule has 0 bridgehead atoms. The van der Waals surface area contributed by atoms with Crippen molar-refractivity contribution in [1.29, 1.82) is 0 Å². The first-order chi connectivity index (χ1) is 10.8. The summed E-state index contributed by atoms with van der Waals surface area (Å²) >= 11 is -2.80. The van der Waals surface area contributed by atoms with Gasteiger partial charge in [0.15, 0.2) is 0 Å². The Bertz CT molecular complexity index is 416. The van der Waals surface area contributed by atoms with Gasteiger partial charge in [-0.25, -0.2) is 0 Å². The van der Waals surface area contributed by atoms with Crippen LogP contribution in [-0.2, 0) is 0 Å². The van der Waals surface area contributed by atoms with Crippen LogP contribution >= 0.6 is 0 Å². The van der Waals surface area contributed by atoms with Crippen molar-refractivity contribution in [2.75, 3.05) is 0 Å². The standard InChI is InChI=1S/C13H20F10SiTe/c1-24(2,3)25-13(22,23)12(20,21)11(18,19)9(14)7-5-4-6-8-10(15,16)17/h9H,4-8H2,1-3H3. The van der Waals surface area contributed by atoms with Crippen molar-refractivity contribution in [2.45, 2.75) is 79.9 Å². The summed E-state index contributed by atoms with van der Waals surface area (Å²) in [5.41, 5.74) is -2.73. The fourth-order valence-electron chi connectivity index (χ4n) is 1.85. The van der Waals surface area contributed by atoms with Crippen LogP contribution in [0.3, 0.4) is 0 Å². The molecule has 0 rings (SSSR count). The van der Waals surface area contributed by atoms with Crippen LogP contribution in [0.5, 0.6) is 0 Å². The predicted octanol–water partition coefficient (Wildman–Crippen LogP) is 6.24. The van der Waals surface area contributed by atoms with Gasteiger partial charge in [0.1, 0.15) is 0 Å². The van der Waals surface area contributed by atoms with Gasteiger partial charge in [-0.05, 0) is 0 Å². The summed E-state index contributed by atoms with van der Waals surface area (Å²) < 4.78 is 126. The number of alkyl halides is 10. The second-order valence-electron chi connectivity index (χ2n) is 6.61. The van der Waals surface area contributed by atoms with Crippen molar-refractivity contribution in [3.63, 3.8) is 0 Å². The Morgan fingerprint density at radius 2 is 1.28 bits per heavy atom. The average Bonchev–Trinajstić information content (AvgIpc) is 2.33.